The Labute approximate surface area is 113 Å². The van der Waals surface area contributed by atoms with E-state index in [2.05, 4.69) is 18.2 Å². The molecule has 0 saturated heterocycles. The van der Waals surface area contributed by atoms with Gasteiger partial charge in [-0.2, -0.15) is 8.42 Å². The van der Waals surface area contributed by atoms with Gasteiger partial charge in [-0.05, 0) is 17.5 Å². The van der Waals surface area contributed by atoms with Crippen molar-refractivity contribution in [2.75, 3.05) is 6.54 Å². The molecule has 5 N–H and O–H groups in total. The zero-order valence-electron chi connectivity index (χ0n) is 9.57. The van der Waals surface area contributed by atoms with E-state index >= 15 is 0 Å². The lowest BCUT2D eigenvalue weighted by molar-refractivity contribution is 0.381. The molecule has 0 fully saturated rings. The maximum atomic E-state index is 8.74. The molecule has 0 aliphatic carbocycles. The molecule has 0 atom stereocenters. The summed E-state index contributed by atoms with van der Waals surface area (Å²) in [5.41, 5.74) is 8.12. The minimum atomic E-state index is -4.67. The van der Waals surface area contributed by atoms with Gasteiger partial charge in [0.1, 0.15) is 0 Å². The third-order valence-electron chi connectivity index (χ3n) is 2.47. The number of hydrogen-bond donors (Lipinski definition) is 4. The second kappa shape index (κ2) is 7.07. The summed E-state index contributed by atoms with van der Waals surface area (Å²) in [6.07, 6.45) is 0.996. The van der Waals surface area contributed by atoms with Gasteiger partial charge < -0.3 is 10.6 Å². The predicted octanol–water partition coefficient (Wildman–Crippen LogP) is 0.921. The van der Waals surface area contributed by atoms with Gasteiger partial charge in [-0.25, -0.2) is 0 Å². The number of benzene rings is 1. The molecule has 19 heavy (non-hydrogen) atoms. The van der Waals surface area contributed by atoms with Crippen LogP contribution < -0.4 is 5.73 Å². The number of rotatable bonds is 0. The number of fused-ring (bicyclic) bond motifs is 1. The van der Waals surface area contributed by atoms with Crippen LogP contribution >= 0.6 is 0 Å². The summed E-state index contributed by atoms with van der Waals surface area (Å²) in [5.74, 6) is 0.175. The van der Waals surface area contributed by atoms with E-state index in [1.807, 2.05) is 11.0 Å². The van der Waals surface area contributed by atoms with Crippen LogP contribution in [0.25, 0.3) is 0 Å². The summed E-state index contributed by atoms with van der Waals surface area (Å²) < 4.78 is 31.6. The van der Waals surface area contributed by atoms with Gasteiger partial charge in [0.2, 0.25) is 0 Å². The van der Waals surface area contributed by atoms with E-state index in [9.17, 15) is 0 Å². The van der Waals surface area contributed by atoms with E-state index in [1.165, 1.54) is 11.1 Å². The number of hydrogen-bond acceptors (Lipinski definition) is 3. The molecule has 108 valence electrons. The SMILES string of the molecule is C.N=C(N)N1CCc2ccccc2C1.O=S(=O)(O)O. The molecule has 1 heterocycles. The van der Waals surface area contributed by atoms with Crippen LogP contribution in [0.3, 0.4) is 0 Å². The van der Waals surface area contributed by atoms with Gasteiger partial charge in [0.15, 0.2) is 5.96 Å². The van der Waals surface area contributed by atoms with E-state index in [1.54, 1.807) is 0 Å². The summed E-state index contributed by atoms with van der Waals surface area (Å²) in [4.78, 5) is 1.89. The van der Waals surface area contributed by atoms with Gasteiger partial charge in [-0.15, -0.1) is 0 Å². The molecule has 0 unspecified atom stereocenters. The molecule has 0 radical (unpaired) electrons. The molecule has 0 amide bonds. The topological polar surface area (TPSA) is 128 Å². The zero-order chi connectivity index (χ0) is 13.8. The smallest absolute Gasteiger partial charge is 0.370 e. The predicted molar refractivity (Wildman–Crippen MR) is 73.4 cm³/mol. The van der Waals surface area contributed by atoms with Gasteiger partial charge in [0.05, 0.1) is 0 Å². The molecule has 7 nitrogen and oxygen atoms in total. The molecule has 0 bridgehead atoms. The first-order valence-electron chi connectivity index (χ1n) is 5.13. The number of nitrogens with one attached hydrogen (secondary N) is 1. The van der Waals surface area contributed by atoms with Crippen molar-refractivity contribution in [3.05, 3.63) is 35.4 Å². The van der Waals surface area contributed by atoms with Gasteiger partial charge in [-0.3, -0.25) is 14.5 Å². The summed E-state index contributed by atoms with van der Waals surface area (Å²) in [6.45, 7) is 1.65. The number of nitrogens with two attached hydrogens (primary N) is 1. The van der Waals surface area contributed by atoms with E-state index in [0.29, 0.717) is 0 Å². The number of nitrogens with zero attached hydrogens (tertiary/aromatic N) is 1. The zero-order valence-corrected chi connectivity index (χ0v) is 10.4. The minimum Gasteiger partial charge on any atom is -0.370 e. The van der Waals surface area contributed by atoms with Crippen molar-refractivity contribution in [1.29, 1.82) is 5.41 Å². The Morgan fingerprint density at radius 3 is 2.21 bits per heavy atom. The first-order chi connectivity index (χ1) is 8.27. The van der Waals surface area contributed by atoms with E-state index in [-0.39, 0.29) is 13.4 Å². The molecule has 0 aromatic heterocycles. The molecule has 0 spiro atoms. The first-order valence-corrected chi connectivity index (χ1v) is 6.52. The molecular weight excluding hydrogens is 270 g/mol. The lowest BCUT2D eigenvalue weighted by atomic mass is 10.0. The van der Waals surface area contributed by atoms with Crippen LogP contribution in [-0.4, -0.2) is 34.9 Å². The Morgan fingerprint density at radius 2 is 1.74 bits per heavy atom. The van der Waals surface area contributed by atoms with Crippen LogP contribution in [0.5, 0.6) is 0 Å². The van der Waals surface area contributed by atoms with Crippen molar-refractivity contribution in [1.82, 2.24) is 4.90 Å². The molecule has 1 aromatic rings. The van der Waals surface area contributed by atoms with Crippen molar-refractivity contribution in [3.8, 4) is 0 Å². The largest absolute Gasteiger partial charge is 0.394 e. The molecule has 1 aromatic carbocycles. The van der Waals surface area contributed by atoms with E-state index in [4.69, 9.17) is 28.7 Å². The summed E-state index contributed by atoms with van der Waals surface area (Å²) in [6, 6.07) is 8.34. The van der Waals surface area contributed by atoms with Gasteiger partial charge in [0.25, 0.3) is 0 Å². The summed E-state index contributed by atoms with van der Waals surface area (Å²) >= 11 is 0. The van der Waals surface area contributed by atoms with Crippen LogP contribution in [0.15, 0.2) is 24.3 Å². The lowest BCUT2D eigenvalue weighted by Crippen LogP contribution is -2.39. The highest BCUT2D eigenvalue weighted by molar-refractivity contribution is 7.79. The standard InChI is InChI=1S/C10H13N3.CH4.H2O4S/c11-10(12)13-6-5-8-3-1-2-4-9(8)7-13;;1-5(2,3)4/h1-4H,5-7H2,(H3,11,12);1H4;(H2,1,2,3,4). The third kappa shape index (κ3) is 6.75. The monoisotopic (exact) mass is 289 g/mol. The van der Waals surface area contributed by atoms with Crippen molar-refractivity contribution in [3.63, 3.8) is 0 Å². The van der Waals surface area contributed by atoms with E-state index in [0.717, 1.165) is 19.5 Å². The molecule has 1 aliphatic heterocycles. The molecule has 0 saturated carbocycles. The normalized spacial score (nSPS) is 13.5. The summed E-state index contributed by atoms with van der Waals surface area (Å²) in [5, 5.41) is 7.33. The van der Waals surface area contributed by atoms with Crippen molar-refractivity contribution in [2.45, 2.75) is 20.4 Å². The molecule has 1 aliphatic rings. The Morgan fingerprint density at radius 1 is 1.26 bits per heavy atom. The van der Waals surface area contributed by atoms with Crippen molar-refractivity contribution >= 4 is 16.4 Å². The fourth-order valence-electron chi connectivity index (χ4n) is 1.70. The van der Waals surface area contributed by atoms with Gasteiger partial charge in [0, 0.05) is 13.1 Å². The quantitative estimate of drug-likeness (QED) is 0.319. The highest BCUT2D eigenvalue weighted by atomic mass is 32.3. The Kier molecular flexibility index (Phi) is 6.46. The van der Waals surface area contributed by atoms with Crippen LogP contribution in [0.1, 0.15) is 18.6 Å². The fraction of sp³-hybridized carbons (Fsp3) is 0.364. The second-order valence-corrected chi connectivity index (χ2v) is 4.67. The second-order valence-electron chi connectivity index (χ2n) is 3.77. The molecule has 2 rings (SSSR count). The maximum Gasteiger partial charge on any atom is 0.394 e. The Hall–Kier alpha value is -1.64. The fourth-order valence-corrected chi connectivity index (χ4v) is 1.70. The average molecular weight is 289 g/mol. The maximum absolute atomic E-state index is 8.74. The highest BCUT2D eigenvalue weighted by Crippen LogP contribution is 2.17. The molecule has 8 heteroatoms. The summed E-state index contributed by atoms with van der Waals surface area (Å²) in [7, 11) is -4.67. The minimum absolute atomic E-state index is 0. The van der Waals surface area contributed by atoms with Crippen LogP contribution in [0, 0.1) is 5.41 Å². The van der Waals surface area contributed by atoms with Gasteiger partial charge in [-0.1, -0.05) is 31.7 Å². The first kappa shape index (κ1) is 17.4. The Balaban J connectivity index is 0.000000471. The van der Waals surface area contributed by atoms with Crippen LogP contribution in [0.2, 0.25) is 0 Å². The van der Waals surface area contributed by atoms with E-state index < -0.39 is 10.4 Å². The Bertz CT molecular complexity index is 522. The molecular formula is C11H19N3O4S. The highest BCUT2D eigenvalue weighted by Gasteiger charge is 2.15. The van der Waals surface area contributed by atoms with Crippen LogP contribution in [0.4, 0.5) is 0 Å². The third-order valence-corrected chi connectivity index (χ3v) is 2.47. The number of guanidine groups is 1. The average Bonchev–Trinajstić information content (AvgIpc) is 2.26. The van der Waals surface area contributed by atoms with Crippen LogP contribution in [-0.2, 0) is 23.4 Å². The lowest BCUT2D eigenvalue weighted by Gasteiger charge is -2.28. The van der Waals surface area contributed by atoms with Crippen molar-refractivity contribution < 1.29 is 17.5 Å². The van der Waals surface area contributed by atoms with Gasteiger partial charge >= 0.3 is 10.4 Å². The van der Waals surface area contributed by atoms with Crippen molar-refractivity contribution in [2.24, 2.45) is 5.73 Å².